The highest BCUT2D eigenvalue weighted by Crippen LogP contribution is 2.26. The van der Waals surface area contributed by atoms with Crippen molar-refractivity contribution in [1.82, 2.24) is 4.90 Å². The Labute approximate surface area is 146 Å². The van der Waals surface area contributed by atoms with Crippen LogP contribution in [0, 0.1) is 6.92 Å². The Morgan fingerprint density at radius 3 is 2.33 bits per heavy atom. The van der Waals surface area contributed by atoms with Crippen molar-refractivity contribution in [3.63, 3.8) is 0 Å². The van der Waals surface area contributed by atoms with Gasteiger partial charge in [-0.25, -0.2) is 4.79 Å². The van der Waals surface area contributed by atoms with Crippen LogP contribution in [0.4, 0.5) is 10.5 Å². The third-order valence-electron chi connectivity index (χ3n) is 3.65. The van der Waals surface area contributed by atoms with Gasteiger partial charge in [0.15, 0.2) is 0 Å². The van der Waals surface area contributed by atoms with Gasteiger partial charge in [-0.05, 0) is 47.9 Å². The number of carbonyl (C=O) groups is 1. The summed E-state index contributed by atoms with van der Waals surface area (Å²) in [7, 11) is 0. The Morgan fingerprint density at radius 2 is 1.75 bits per heavy atom. The zero-order chi connectivity index (χ0) is 17.5. The van der Waals surface area contributed by atoms with Crippen molar-refractivity contribution in [1.29, 1.82) is 0 Å². The molecule has 0 unspecified atom stereocenters. The maximum atomic E-state index is 12.2. The lowest BCUT2D eigenvalue weighted by Gasteiger charge is -2.22. The van der Waals surface area contributed by atoms with E-state index in [0.717, 1.165) is 16.7 Å². The Kier molecular flexibility index (Phi) is 6.61. The minimum atomic E-state index is -0.350. The molecule has 0 saturated heterocycles. The molecule has 2 aromatic rings. The summed E-state index contributed by atoms with van der Waals surface area (Å²) >= 11 is 6.03. The van der Waals surface area contributed by atoms with Crippen LogP contribution in [0.25, 0.3) is 11.1 Å². The second-order valence-electron chi connectivity index (χ2n) is 5.40. The maximum Gasteiger partial charge on any atom is 0.322 e. The predicted molar refractivity (Wildman–Crippen MR) is 96.4 cm³/mol. The zero-order valence-electron chi connectivity index (χ0n) is 13.5. The van der Waals surface area contributed by atoms with Gasteiger partial charge in [-0.15, -0.1) is 0 Å². The summed E-state index contributed by atoms with van der Waals surface area (Å²) < 4.78 is 0. The highest BCUT2D eigenvalue weighted by molar-refractivity contribution is 6.30. The molecule has 24 heavy (non-hydrogen) atoms. The van der Waals surface area contributed by atoms with E-state index >= 15 is 0 Å². The van der Waals surface area contributed by atoms with Gasteiger partial charge in [-0.1, -0.05) is 29.8 Å². The molecule has 0 fully saturated rings. The molecule has 0 saturated carbocycles. The van der Waals surface area contributed by atoms with E-state index in [1.54, 1.807) is 0 Å². The van der Waals surface area contributed by atoms with Gasteiger partial charge in [0, 0.05) is 23.8 Å². The number of carbonyl (C=O) groups excluding carboxylic acids is 1. The van der Waals surface area contributed by atoms with Gasteiger partial charge in [0.05, 0.1) is 13.2 Å². The van der Waals surface area contributed by atoms with Crippen LogP contribution in [-0.4, -0.2) is 47.4 Å². The predicted octanol–water partition coefficient (Wildman–Crippen LogP) is 3.13. The van der Waals surface area contributed by atoms with Crippen LogP contribution >= 0.6 is 11.6 Å². The molecule has 5 nitrogen and oxygen atoms in total. The summed E-state index contributed by atoms with van der Waals surface area (Å²) in [5.41, 5.74) is 3.61. The molecule has 3 N–H and O–H groups in total. The number of urea groups is 1. The number of amides is 2. The molecule has 2 aromatic carbocycles. The summed E-state index contributed by atoms with van der Waals surface area (Å²) in [6, 6.07) is 13.0. The monoisotopic (exact) mass is 348 g/mol. The SMILES string of the molecule is Cc1cc(-c2cccc(Cl)c2)ccc1NC(=O)N(CCO)CCO. The standard InChI is InChI=1S/C18H21ClN2O3/c1-13-11-15(14-3-2-4-16(19)12-14)5-6-17(13)20-18(24)21(7-9-22)8-10-23/h2-6,11-12,22-23H,7-10H2,1H3,(H,20,24). The first-order chi connectivity index (χ1) is 11.5. The molecule has 0 heterocycles. The van der Waals surface area contributed by atoms with E-state index in [0.29, 0.717) is 10.7 Å². The summed E-state index contributed by atoms with van der Waals surface area (Å²) in [6.45, 7) is 1.95. The molecule has 0 aromatic heterocycles. The van der Waals surface area contributed by atoms with Crippen molar-refractivity contribution in [2.24, 2.45) is 0 Å². The number of nitrogens with one attached hydrogen (secondary N) is 1. The average molecular weight is 349 g/mol. The van der Waals surface area contributed by atoms with E-state index in [1.165, 1.54) is 4.90 Å². The van der Waals surface area contributed by atoms with Crippen LogP contribution in [0.1, 0.15) is 5.56 Å². The first-order valence-electron chi connectivity index (χ1n) is 7.69. The second-order valence-corrected chi connectivity index (χ2v) is 5.84. The Hall–Kier alpha value is -2.08. The third kappa shape index (κ3) is 4.71. The molecule has 2 amide bonds. The largest absolute Gasteiger partial charge is 0.395 e. The second kappa shape index (κ2) is 8.68. The lowest BCUT2D eigenvalue weighted by molar-refractivity contribution is 0.167. The smallest absolute Gasteiger partial charge is 0.322 e. The van der Waals surface area contributed by atoms with Gasteiger partial charge in [0.2, 0.25) is 0 Å². The van der Waals surface area contributed by atoms with Crippen molar-refractivity contribution in [3.8, 4) is 11.1 Å². The summed E-state index contributed by atoms with van der Waals surface area (Å²) in [5.74, 6) is 0. The van der Waals surface area contributed by atoms with E-state index in [1.807, 2.05) is 49.4 Å². The molecular weight excluding hydrogens is 328 g/mol. The van der Waals surface area contributed by atoms with Gasteiger partial charge in [0.1, 0.15) is 0 Å². The fourth-order valence-electron chi connectivity index (χ4n) is 2.40. The minimum absolute atomic E-state index is 0.153. The zero-order valence-corrected chi connectivity index (χ0v) is 14.3. The highest BCUT2D eigenvalue weighted by atomic mass is 35.5. The van der Waals surface area contributed by atoms with Crippen LogP contribution in [0.15, 0.2) is 42.5 Å². The molecule has 0 aliphatic rings. The highest BCUT2D eigenvalue weighted by Gasteiger charge is 2.13. The number of hydrogen-bond donors (Lipinski definition) is 3. The van der Waals surface area contributed by atoms with E-state index < -0.39 is 0 Å². The van der Waals surface area contributed by atoms with Crippen LogP contribution in [0.5, 0.6) is 0 Å². The van der Waals surface area contributed by atoms with Crippen molar-refractivity contribution < 1.29 is 15.0 Å². The summed E-state index contributed by atoms with van der Waals surface area (Å²) in [4.78, 5) is 13.6. The maximum absolute atomic E-state index is 12.2. The summed E-state index contributed by atoms with van der Waals surface area (Å²) in [5, 5.41) is 21.5. The van der Waals surface area contributed by atoms with Gasteiger partial charge < -0.3 is 20.4 Å². The lowest BCUT2D eigenvalue weighted by Crippen LogP contribution is -2.39. The number of aliphatic hydroxyl groups excluding tert-OH is 2. The normalized spacial score (nSPS) is 10.5. The number of aliphatic hydroxyl groups is 2. The fourth-order valence-corrected chi connectivity index (χ4v) is 2.59. The van der Waals surface area contributed by atoms with E-state index in [4.69, 9.17) is 21.8 Å². The molecule has 0 aliphatic heterocycles. The van der Waals surface area contributed by atoms with Crippen molar-refractivity contribution in [2.75, 3.05) is 31.6 Å². The molecule has 0 spiro atoms. The topological polar surface area (TPSA) is 72.8 Å². The first kappa shape index (κ1) is 18.3. The molecule has 2 rings (SSSR count). The van der Waals surface area contributed by atoms with Crippen LogP contribution in [0.2, 0.25) is 5.02 Å². The summed E-state index contributed by atoms with van der Waals surface area (Å²) in [6.07, 6.45) is 0. The van der Waals surface area contributed by atoms with Crippen molar-refractivity contribution in [3.05, 3.63) is 53.1 Å². The Balaban J connectivity index is 2.16. The van der Waals surface area contributed by atoms with E-state index in [-0.39, 0.29) is 32.3 Å². The number of nitrogens with zero attached hydrogens (tertiary/aromatic N) is 1. The van der Waals surface area contributed by atoms with Gasteiger partial charge in [-0.3, -0.25) is 0 Å². The van der Waals surface area contributed by atoms with Gasteiger partial charge in [0.25, 0.3) is 0 Å². The minimum Gasteiger partial charge on any atom is -0.395 e. The van der Waals surface area contributed by atoms with Gasteiger partial charge >= 0.3 is 6.03 Å². The number of rotatable bonds is 6. The van der Waals surface area contributed by atoms with Gasteiger partial charge in [-0.2, -0.15) is 0 Å². The van der Waals surface area contributed by atoms with E-state index in [9.17, 15) is 4.79 Å². The Morgan fingerprint density at radius 1 is 1.08 bits per heavy atom. The van der Waals surface area contributed by atoms with Crippen molar-refractivity contribution >= 4 is 23.3 Å². The molecule has 128 valence electrons. The molecule has 0 atom stereocenters. The molecule has 0 aliphatic carbocycles. The number of hydrogen-bond acceptors (Lipinski definition) is 3. The third-order valence-corrected chi connectivity index (χ3v) is 3.89. The van der Waals surface area contributed by atoms with Crippen molar-refractivity contribution in [2.45, 2.75) is 6.92 Å². The number of benzene rings is 2. The fraction of sp³-hybridized carbons (Fsp3) is 0.278. The molecular formula is C18H21ClN2O3. The van der Waals surface area contributed by atoms with Crippen LogP contribution < -0.4 is 5.32 Å². The molecule has 0 radical (unpaired) electrons. The lowest BCUT2D eigenvalue weighted by atomic mass is 10.0. The number of halogens is 1. The molecule has 6 heteroatoms. The van der Waals surface area contributed by atoms with Crippen LogP contribution in [-0.2, 0) is 0 Å². The van der Waals surface area contributed by atoms with Crippen LogP contribution in [0.3, 0.4) is 0 Å². The number of anilines is 1. The average Bonchev–Trinajstić information content (AvgIpc) is 2.56. The Bertz CT molecular complexity index is 700. The number of aryl methyl sites for hydroxylation is 1. The first-order valence-corrected chi connectivity index (χ1v) is 8.07. The molecule has 0 bridgehead atoms. The van der Waals surface area contributed by atoms with E-state index in [2.05, 4.69) is 5.32 Å². The quantitative estimate of drug-likeness (QED) is 0.751.